The van der Waals surface area contributed by atoms with E-state index in [2.05, 4.69) is 4.90 Å². The average Bonchev–Trinajstić information content (AvgIpc) is 2.77. The van der Waals surface area contributed by atoms with E-state index in [0.717, 1.165) is 38.8 Å². The maximum absolute atomic E-state index is 11.2. The third-order valence-electron chi connectivity index (χ3n) is 4.68. The summed E-state index contributed by atoms with van der Waals surface area (Å²) in [5, 5.41) is 10.2. The Labute approximate surface area is 110 Å². The van der Waals surface area contributed by atoms with Crippen LogP contribution in [0.1, 0.15) is 45.4 Å². The number of rotatable bonds is 4. The summed E-state index contributed by atoms with van der Waals surface area (Å²) < 4.78 is 0. The van der Waals surface area contributed by atoms with E-state index in [1.807, 2.05) is 6.92 Å². The van der Waals surface area contributed by atoms with Crippen molar-refractivity contribution in [1.29, 1.82) is 0 Å². The molecule has 4 unspecified atom stereocenters. The molecule has 1 aliphatic heterocycles. The molecule has 2 rings (SSSR count). The van der Waals surface area contributed by atoms with Crippen molar-refractivity contribution in [3.63, 3.8) is 0 Å². The lowest BCUT2D eigenvalue weighted by Crippen LogP contribution is -2.45. The number of carbonyl (C=O) groups excluding carboxylic acids is 1. The maximum atomic E-state index is 11.2. The highest BCUT2D eigenvalue weighted by atomic mass is 16.3. The first-order valence-electron chi connectivity index (χ1n) is 7.31. The van der Waals surface area contributed by atoms with E-state index < -0.39 is 0 Å². The summed E-state index contributed by atoms with van der Waals surface area (Å²) in [5.74, 6) is 0.0949. The lowest BCUT2D eigenvalue weighted by Gasteiger charge is -2.37. The predicted molar refractivity (Wildman–Crippen MR) is 70.9 cm³/mol. The minimum atomic E-state index is -0.218. The van der Waals surface area contributed by atoms with E-state index >= 15 is 0 Å². The van der Waals surface area contributed by atoms with Gasteiger partial charge in [0.05, 0.1) is 6.10 Å². The zero-order valence-electron chi connectivity index (χ0n) is 11.3. The fraction of sp³-hybridized carbons (Fsp3) is 0.929. The van der Waals surface area contributed by atoms with E-state index in [1.165, 1.54) is 12.8 Å². The number of amides is 1. The first kappa shape index (κ1) is 13.8. The number of aliphatic hydroxyl groups is 1. The summed E-state index contributed by atoms with van der Waals surface area (Å²) >= 11 is 0. The van der Waals surface area contributed by atoms with Crippen LogP contribution in [0, 0.1) is 11.8 Å². The van der Waals surface area contributed by atoms with Crippen molar-refractivity contribution in [2.75, 3.05) is 13.1 Å². The molecule has 4 atom stereocenters. The molecular formula is C14H26N2O2. The van der Waals surface area contributed by atoms with Crippen LogP contribution in [0.5, 0.6) is 0 Å². The molecule has 0 aromatic carbocycles. The fourth-order valence-electron chi connectivity index (χ4n) is 3.59. The summed E-state index contributed by atoms with van der Waals surface area (Å²) in [4.78, 5) is 13.6. The van der Waals surface area contributed by atoms with E-state index in [-0.39, 0.29) is 17.9 Å². The Morgan fingerprint density at radius 2 is 2.06 bits per heavy atom. The molecule has 1 saturated heterocycles. The first-order chi connectivity index (χ1) is 8.59. The Hall–Kier alpha value is -0.610. The molecule has 1 saturated carbocycles. The number of nitrogens with two attached hydrogens (primary N) is 1. The lowest BCUT2D eigenvalue weighted by molar-refractivity contribution is -0.122. The minimum absolute atomic E-state index is 0.0914. The van der Waals surface area contributed by atoms with Gasteiger partial charge in [-0.3, -0.25) is 9.69 Å². The number of carbonyl (C=O) groups is 1. The zero-order valence-corrected chi connectivity index (χ0v) is 11.3. The van der Waals surface area contributed by atoms with Crippen LogP contribution >= 0.6 is 0 Å². The molecule has 4 heteroatoms. The number of hydrogen-bond acceptors (Lipinski definition) is 3. The van der Waals surface area contributed by atoms with Crippen molar-refractivity contribution < 1.29 is 9.90 Å². The molecule has 18 heavy (non-hydrogen) atoms. The van der Waals surface area contributed by atoms with Crippen molar-refractivity contribution >= 4 is 5.91 Å². The molecule has 1 heterocycles. The van der Waals surface area contributed by atoms with Gasteiger partial charge >= 0.3 is 0 Å². The summed E-state index contributed by atoms with van der Waals surface area (Å²) in [5.41, 5.74) is 5.35. The van der Waals surface area contributed by atoms with Gasteiger partial charge in [-0.05, 0) is 32.2 Å². The molecule has 1 aliphatic carbocycles. The number of nitrogens with zero attached hydrogens (tertiary/aromatic N) is 1. The molecule has 104 valence electrons. The summed E-state index contributed by atoms with van der Waals surface area (Å²) in [6.07, 6.45) is 6.66. The van der Waals surface area contributed by atoms with E-state index in [4.69, 9.17) is 5.73 Å². The van der Waals surface area contributed by atoms with Gasteiger partial charge in [0.1, 0.15) is 0 Å². The Morgan fingerprint density at radius 1 is 1.33 bits per heavy atom. The molecule has 0 bridgehead atoms. The number of hydrogen-bond donors (Lipinski definition) is 2. The van der Waals surface area contributed by atoms with Gasteiger partial charge in [-0.1, -0.05) is 19.8 Å². The van der Waals surface area contributed by atoms with Gasteiger partial charge in [-0.15, -0.1) is 0 Å². The van der Waals surface area contributed by atoms with Crippen LogP contribution in [-0.2, 0) is 4.79 Å². The van der Waals surface area contributed by atoms with Gasteiger partial charge in [0.2, 0.25) is 5.91 Å². The second kappa shape index (κ2) is 6.02. The summed E-state index contributed by atoms with van der Waals surface area (Å²) in [6.45, 7) is 3.70. The quantitative estimate of drug-likeness (QED) is 0.790. The highest BCUT2D eigenvalue weighted by Gasteiger charge is 2.37. The van der Waals surface area contributed by atoms with Gasteiger partial charge in [0, 0.05) is 24.4 Å². The van der Waals surface area contributed by atoms with Gasteiger partial charge in [0.25, 0.3) is 0 Å². The van der Waals surface area contributed by atoms with Crippen LogP contribution in [0.15, 0.2) is 0 Å². The fourth-order valence-corrected chi connectivity index (χ4v) is 3.59. The molecule has 0 spiro atoms. The van der Waals surface area contributed by atoms with Gasteiger partial charge < -0.3 is 10.8 Å². The van der Waals surface area contributed by atoms with Crippen LogP contribution in [0.2, 0.25) is 0 Å². The topological polar surface area (TPSA) is 66.6 Å². The summed E-state index contributed by atoms with van der Waals surface area (Å²) in [7, 11) is 0. The standard InChI is InChI=1S/C14H26N2O2/c1-10(14(15)18)9-16-8-4-6-12(16)11-5-2-3-7-13(11)17/h10-13,17H,2-9H2,1H3,(H2,15,18). The van der Waals surface area contributed by atoms with Gasteiger partial charge in [-0.25, -0.2) is 0 Å². The van der Waals surface area contributed by atoms with Crippen LogP contribution in [0.25, 0.3) is 0 Å². The lowest BCUT2D eigenvalue weighted by atomic mass is 9.80. The Balaban J connectivity index is 1.96. The minimum Gasteiger partial charge on any atom is -0.393 e. The Morgan fingerprint density at radius 3 is 2.72 bits per heavy atom. The Kier molecular flexibility index (Phi) is 4.62. The molecule has 4 nitrogen and oxygen atoms in total. The predicted octanol–water partition coefficient (Wildman–Crippen LogP) is 1.12. The smallest absolute Gasteiger partial charge is 0.221 e. The molecule has 3 N–H and O–H groups in total. The maximum Gasteiger partial charge on any atom is 0.221 e. The van der Waals surface area contributed by atoms with Crippen molar-refractivity contribution in [2.24, 2.45) is 17.6 Å². The van der Waals surface area contributed by atoms with Crippen LogP contribution in [-0.4, -0.2) is 41.1 Å². The second-order valence-corrected chi connectivity index (χ2v) is 6.02. The Bertz CT molecular complexity index is 296. The third kappa shape index (κ3) is 3.04. The molecular weight excluding hydrogens is 228 g/mol. The molecule has 0 aromatic heterocycles. The molecule has 0 aromatic rings. The van der Waals surface area contributed by atoms with Gasteiger partial charge in [-0.2, -0.15) is 0 Å². The first-order valence-corrected chi connectivity index (χ1v) is 7.31. The van der Waals surface area contributed by atoms with Crippen molar-refractivity contribution in [1.82, 2.24) is 4.90 Å². The number of primary amides is 1. The van der Waals surface area contributed by atoms with Crippen LogP contribution < -0.4 is 5.73 Å². The summed E-state index contributed by atoms with van der Waals surface area (Å²) in [6, 6.07) is 0.460. The normalized spacial score (nSPS) is 35.6. The molecule has 2 aliphatic rings. The van der Waals surface area contributed by atoms with Crippen LogP contribution in [0.3, 0.4) is 0 Å². The molecule has 0 radical (unpaired) electrons. The number of likely N-dealkylation sites (tertiary alicyclic amines) is 1. The zero-order chi connectivity index (χ0) is 13.1. The molecule has 1 amide bonds. The monoisotopic (exact) mass is 254 g/mol. The van der Waals surface area contributed by atoms with Crippen molar-refractivity contribution in [3.8, 4) is 0 Å². The molecule has 2 fully saturated rings. The largest absolute Gasteiger partial charge is 0.393 e. The van der Waals surface area contributed by atoms with Crippen molar-refractivity contribution in [3.05, 3.63) is 0 Å². The highest BCUT2D eigenvalue weighted by molar-refractivity contribution is 5.76. The SMILES string of the molecule is CC(CN1CCCC1C1CCCCC1O)C(N)=O. The third-order valence-corrected chi connectivity index (χ3v) is 4.68. The average molecular weight is 254 g/mol. The van der Waals surface area contributed by atoms with Gasteiger partial charge in [0.15, 0.2) is 0 Å². The van der Waals surface area contributed by atoms with E-state index in [0.29, 0.717) is 12.0 Å². The van der Waals surface area contributed by atoms with Crippen molar-refractivity contribution in [2.45, 2.75) is 57.6 Å². The second-order valence-electron chi connectivity index (χ2n) is 6.02. The van der Waals surface area contributed by atoms with E-state index in [9.17, 15) is 9.90 Å². The van der Waals surface area contributed by atoms with Crippen LogP contribution in [0.4, 0.5) is 0 Å². The number of aliphatic hydroxyl groups excluding tert-OH is 1. The highest BCUT2D eigenvalue weighted by Crippen LogP contribution is 2.34. The van der Waals surface area contributed by atoms with E-state index in [1.54, 1.807) is 0 Å².